The summed E-state index contributed by atoms with van der Waals surface area (Å²) in [5, 5.41) is 10.1. The Balaban J connectivity index is 2.26. The van der Waals surface area contributed by atoms with Gasteiger partial charge in [-0.3, -0.25) is 14.6 Å². The van der Waals surface area contributed by atoms with Crippen molar-refractivity contribution in [2.75, 3.05) is 0 Å². The van der Waals surface area contributed by atoms with Gasteiger partial charge in [0.2, 0.25) is 0 Å². The normalized spacial score (nSPS) is 12.2. The van der Waals surface area contributed by atoms with Crippen molar-refractivity contribution in [3.05, 3.63) is 41.6 Å². The van der Waals surface area contributed by atoms with Gasteiger partial charge in [0, 0.05) is 23.8 Å². The highest BCUT2D eigenvalue weighted by atomic mass is 16.4. The van der Waals surface area contributed by atoms with Gasteiger partial charge in [-0.15, -0.1) is 0 Å². The number of hydrogen-bond acceptors (Lipinski definition) is 3. The molecule has 1 unspecified atom stereocenters. The van der Waals surface area contributed by atoms with E-state index in [0.29, 0.717) is 5.56 Å². The summed E-state index contributed by atoms with van der Waals surface area (Å²) in [7, 11) is 0. The summed E-state index contributed by atoms with van der Waals surface area (Å²) >= 11 is 0. The van der Waals surface area contributed by atoms with Crippen LogP contribution in [0.4, 0.5) is 0 Å². The number of carbonyl (C=O) groups is 2. The van der Waals surface area contributed by atoms with Crippen LogP contribution < -0.4 is 0 Å². The van der Waals surface area contributed by atoms with E-state index in [2.05, 4.69) is 6.92 Å². The Morgan fingerprint density at radius 2 is 1.81 bits per heavy atom. The molecule has 4 nitrogen and oxygen atoms in total. The molecule has 0 radical (unpaired) electrons. The van der Waals surface area contributed by atoms with Crippen molar-refractivity contribution >= 4 is 22.7 Å². The molecule has 1 atom stereocenters. The van der Waals surface area contributed by atoms with Crippen LogP contribution in [0.2, 0.25) is 0 Å². The predicted molar refractivity (Wildman–Crippen MR) is 109 cm³/mol. The molecule has 27 heavy (non-hydrogen) atoms. The number of benzene rings is 1. The Morgan fingerprint density at radius 3 is 2.52 bits per heavy atom. The fourth-order valence-corrected chi connectivity index (χ4v) is 3.61. The molecule has 1 aromatic carbocycles. The first-order chi connectivity index (χ1) is 13.0. The number of ketones is 1. The lowest BCUT2D eigenvalue weighted by Crippen LogP contribution is -2.15. The standard InChI is InChI=1S/C23H31NO3/c1-3-5-6-7-13-21-19(16-18-11-8-9-12-20(18)24-21)22(25)14-17(10-4-2)15-23(26)27/h8-9,11-12,16-17H,3-7,10,13-15H2,1-2H3,(H,26,27). The maximum atomic E-state index is 13.0. The Kier molecular flexibility index (Phi) is 8.43. The van der Waals surface area contributed by atoms with Gasteiger partial charge in [-0.1, -0.05) is 57.7 Å². The van der Waals surface area contributed by atoms with Crippen molar-refractivity contribution in [3.63, 3.8) is 0 Å². The number of para-hydroxylation sites is 1. The number of aliphatic carboxylic acids is 1. The third-order valence-corrected chi connectivity index (χ3v) is 5.00. The molecule has 1 N–H and O–H groups in total. The SMILES string of the molecule is CCCCCCc1nc2ccccc2cc1C(=O)CC(CCC)CC(=O)O. The lowest BCUT2D eigenvalue weighted by Gasteiger charge is -2.15. The van der Waals surface area contributed by atoms with Gasteiger partial charge < -0.3 is 5.11 Å². The smallest absolute Gasteiger partial charge is 0.303 e. The van der Waals surface area contributed by atoms with Crippen LogP contribution in [-0.2, 0) is 11.2 Å². The number of unbranched alkanes of at least 4 members (excludes halogenated alkanes) is 3. The Labute approximate surface area is 162 Å². The number of aromatic nitrogens is 1. The second-order valence-electron chi connectivity index (χ2n) is 7.37. The first-order valence-corrected chi connectivity index (χ1v) is 10.2. The molecule has 2 rings (SSSR count). The van der Waals surface area contributed by atoms with Crippen LogP contribution in [0.1, 0.15) is 81.3 Å². The number of carbonyl (C=O) groups excluding carboxylic acids is 1. The van der Waals surface area contributed by atoms with Gasteiger partial charge in [0.25, 0.3) is 0 Å². The molecule has 0 saturated heterocycles. The highest BCUT2D eigenvalue weighted by molar-refractivity contribution is 6.00. The van der Waals surface area contributed by atoms with Gasteiger partial charge in [0.15, 0.2) is 5.78 Å². The summed E-state index contributed by atoms with van der Waals surface area (Å²) < 4.78 is 0. The van der Waals surface area contributed by atoms with E-state index in [-0.39, 0.29) is 24.5 Å². The topological polar surface area (TPSA) is 67.3 Å². The number of hydrogen-bond donors (Lipinski definition) is 1. The molecular formula is C23H31NO3. The summed E-state index contributed by atoms with van der Waals surface area (Å²) in [6, 6.07) is 9.80. The summed E-state index contributed by atoms with van der Waals surface area (Å²) in [6.45, 7) is 4.20. The van der Waals surface area contributed by atoms with E-state index in [4.69, 9.17) is 10.1 Å². The van der Waals surface area contributed by atoms with E-state index >= 15 is 0 Å². The van der Waals surface area contributed by atoms with Gasteiger partial charge in [-0.25, -0.2) is 0 Å². The average Bonchev–Trinajstić information content (AvgIpc) is 2.64. The molecule has 0 amide bonds. The predicted octanol–water partition coefficient (Wildman–Crippen LogP) is 5.82. The molecule has 1 aromatic heterocycles. The molecule has 0 bridgehead atoms. The van der Waals surface area contributed by atoms with Crippen LogP contribution in [0.15, 0.2) is 30.3 Å². The number of nitrogens with zero attached hydrogens (tertiary/aromatic N) is 1. The monoisotopic (exact) mass is 369 g/mol. The average molecular weight is 370 g/mol. The van der Waals surface area contributed by atoms with Crippen molar-refractivity contribution in [1.29, 1.82) is 0 Å². The van der Waals surface area contributed by atoms with E-state index in [1.165, 1.54) is 12.8 Å². The quantitative estimate of drug-likeness (QED) is 0.378. The fourth-order valence-electron chi connectivity index (χ4n) is 3.61. The number of carboxylic acids is 1. The van der Waals surface area contributed by atoms with Crippen LogP contribution >= 0.6 is 0 Å². The first kappa shape index (κ1) is 21.1. The second-order valence-corrected chi connectivity index (χ2v) is 7.37. The minimum atomic E-state index is -0.835. The Morgan fingerprint density at radius 1 is 1.04 bits per heavy atom. The zero-order chi connectivity index (χ0) is 19.6. The highest BCUT2D eigenvalue weighted by Crippen LogP contribution is 2.24. The first-order valence-electron chi connectivity index (χ1n) is 10.2. The number of carboxylic acid groups (broad SMARTS) is 1. The highest BCUT2D eigenvalue weighted by Gasteiger charge is 2.20. The Hall–Kier alpha value is -2.23. The number of Topliss-reactive ketones (excluding diaryl/α,β-unsaturated/α-hetero) is 1. The van der Waals surface area contributed by atoms with Crippen molar-refractivity contribution < 1.29 is 14.7 Å². The van der Waals surface area contributed by atoms with Crippen LogP contribution in [0, 0.1) is 5.92 Å². The van der Waals surface area contributed by atoms with Crippen LogP contribution in [0.3, 0.4) is 0 Å². The molecule has 0 aliphatic carbocycles. The van der Waals surface area contributed by atoms with Crippen LogP contribution in [-0.4, -0.2) is 21.8 Å². The summed E-state index contributed by atoms with van der Waals surface area (Å²) in [6.07, 6.45) is 7.27. The maximum Gasteiger partial charge on any atom is 0.303 e. The molecule has 0 spiro atoms. The molecule has 0 saturated carbocycles. The largest absolute Gasteiger partial charge is 0.481 e. The van der Waals surface area contributed by atoms with E-state index in [1.807, 2.05) is 37.3 Å². The zero-order valence-corrected chi connectivity index (χ0v) is 16.5. The molecule has 0 aliphatic rings. The molecule has 1 heterocycles. The molecule has 4 heteroatoms. The van der Waals surface area contributed by atoms with Crippen LogP contribution in [0.5, 0.6) is 0 Å². The van der Waals surface area contributed by atoms with Crippen molar-refractivity contribution in [2.24, 2.45) is 5.92 Å². The fraction of sp³-hybridized carbons (Fsp3) is 0.522. The lowest BCUT2D eigenvalue weighted by atomic mass is 9.90. The molecule has 0 aliphatic heterocycles. The minimum absolute atomic E-state index is 0.0263. The third kappa shape index (κ3) is 6.46. The molecular weight excluding hydrogens is 338 g/mol. The summed E-state index contributed by atoms with van der Waals surface area (Å²) in [4.78, 5) is 28.9. The van der Waals surface area contributed by atoms with E-state index in [0.717, 1.165) is 48.7 Å². The van der Waals surface area contributed by atoms with Crippen LogP contribution in [0.25, 0.3) is 10.9 Å². The summed E-state index contributed by atoms with van der Waals surface area (Å²) in [5.74, 6) is -0.921. The van der Waals surface area contributed by atoms with E-state index < -0.39 is 5.97 Å². The number of aryl methyl sites for hydroxylation is 1. The number of rotatable bonds is 12. The zero-order valence-electron chi connectivity index (χ0n) is 16.5. The third-order valence-electron chi connectivity index (χ3n) is 5.00. The van der Waals surface area contributed by atoms with Gasteiger partial charge in [0.05, 0.1) is 11.2 Å². The maximum absolute atomic E-state index is 13.0. The van der Waals surface area contributed by atoms with Gasteiger partial charge >= 0.3 is 5.97 Å². The van der Waals surface area contributed by atoms with Crippen molar-refractivity contribution in [1.82, 2.24) is 4.98 Å². The molecule has 146 valence electrons. The number of pyridine rings is 1. The summed E-state index contributed by atoms with van der Waals surface area (Å²) in [5.41, 5.74) is 2.45. The lowest BCUT2D eigenvalue weighted by molar-refractivity contribution is -0.138. The Bertz CT molecular complexity index is 769. The van der Waals surface area contributed by atoms with Gasteiger partial charge in [0.1, 0.15) is 0 Å². The molecule has 0 fully saturated rings. The van der Waals surface area contributed by atoms with E-state index in [9.17, 15) is 9.59 Å². The second kappa shape index (κ2) is 10.8. The minimum Gasteiger partial charge on any atom is -0.481 e. The van der Waals surface area contributed by atoms with E-state index in [1.54, 1.807) is 0 Å². The molecule has 2 aromatic rings. The van der Waals surface area contributed by atoms with Gasteiger partial charge in [-0.05, 0) is 37.3 Å². The number of fused-ring (bicyclic) bond motifs is 1. The van der Waals surface area contributed by atoms with Crippen molar-refractivity contribution in [3.8, 4) is 0 Å². The van der Waals surface area contributed by atoms with Crippen molar-refractivity contribution in [2.45, 2.75) is 71.6 Å². The van der Waals surface area contributed by atoms with Gasteiger partial charge in [-0.2, -0.15) is 0 Å².